The summed E-state index contributed by atoms with van der Waals surface area (Å²) < 4.78 is 1.74. The second kappa shape index (κ2) is 8.14. The number of nitrogens with zero attached hydrogens (tertiary/aromatic N) is 4. The average molecular weight is 410 g/mol. The predicted octanol–water partition coefficient (Wildman–Crippen LogP) is 3.63. The number of hydrogen-bond acceptors (Lipinski definition) is 5. The maximum absolute atomic E-state index is 12.9. The summed E-state index contributed by atoms with van der Waals surface area (Å²) in [6, 6.07) is 10.6. The van der Waals surface area contributed by atoms with Crippen LogP contribution in [-0.4, -0.2) is 38.3 Å². The van der Waals surface area contributed by atoms with Crippen LogP contribution < -0.4 is 5.32 Å². The van der Waals surface area contributed by atoms with Gasteiger partial charge in [0.15, 0.2) is 0 Å². The van der Waals surface area contributed by atoms with Crippen molar-refractivity contribution in [2.24, 2.45) is 0 Å². The highest BCUT2D eigenvalue weighted by Gasteiger charge is 2.35. The summed E-state index contributed by atoms with van der Waals surface area (Å²) in [5.41, 5.74) is 4.08. The zero-order valence-electron chi connectivity index (χ0n) is 17.2. The van der Waals surface area contributed by atoms with Gasteiger partial charge in [-0.3, -0.25) is 4.79 Å². The SMILES string of the molecule is CSc1nc2nc(C)c(CC(=O)NCC3(c4ccccc4)CCCC3)c(C)n2n1. The van der Waals surface area contributed by atoms with Crippen molar-refractivity contribution in [3.8, 4) is 0 Å². The number of fused-ring (bicyclic) bond motifs is 1. The summed E-state index contributed by atoms with van der Waals surface area (Å²) in [5, 5.41) is 8.38. The van der Waals surface area contributed by atoms with Crippen LogP contribution in [0.15, 0.2) is 35.5 Å². The van der Waals surface area contributed by atoms with E-state index in [1.165, 1.54) is 30.2 Å². The quantitative estimate of drug-likeness (QED) is 0.630. The number of hydrogen-bond donors (Lipinski definition) is 1. The third-order valence-corrected chi connectivity index (χ3v) is 6.66. The number of rotatable bonds is 6. The summed E-state index contributed by atoms with van der Waals surface area (Å²) in [5.74, 6) is 0.618. The summed E-state index contributed by atoms with van der Waals surface area (Å²) in [4.78, 5) is 21.8. The monoisotopic (exact) mass is 409 g/mol. The van der Waals surface area contributed by atoms with Crippen molar-refractivity contribution in [3.05, 3.63) is 52.8 Å². The minimum Gasteiger partial charge on any atom is -0.355 e. The third kappa shape index (κ3) is 3.88. The van der Waals surface area contributed by atoms with Crippen LogP contribution in [-0.2, 0) is 16.6 Å². The van der Waals surface area contributed by atoms with E-state index < -0.39 is 0 Å². The molecule has 0 bridgehead atoms. The molecule has 1 amide bonds. The molecular weight excluding hydrogens is 382 g/mol. The van der Waals surface area contributed by atoms with Gasteiger partial charge in [0.05, 0.1) is 6.42 Å². The zero-order valence-corrected chi connectivity index (χ0v) is 18.1. The van der Waals surface area contributed by atoms with Crippen LogP contribution in [0.5, 0.6) is 0 Å². The van der Waals surface area contributed by atoms with Crippen LogP contribution >= 0.6 is 11.8 Å². The number of carbonyl (C=O) groups is 1. The Bertz CT molecular complexity index is 1020. The molecule has 0 radical (unpaired) electrons. The molecule has 1 aliphatic rings. The molecule has 0 spiro atoms. The highest BCUT2D eigenvalue weighted by Crippen LogP contribution is 2.40. The number of aromatic nitrogens is 4. The lowest BCUT2D eigenvalue weighted by Gasteiger charge is -2.30. The number of benzene rings is 1. The lowest BCUT2D eigenvalue weighted by atomic mass is 9.79. The van der Waals surface area contributed by atoms with E-state index in [0.29, 0.717) is 23.9 Å². The van der Waals surface area contributed by atoms with Gasteiger partial charge in [0.1, 0.15) is 0 Å². The van der Waals surface area contributed by atoms with Crippen molar-refractivity contribution in [2.75, 3.05) is 12.8 Å². The number of thioether (sulfide) groups is 1. The summed E-state index contributed by atoms with van der Waals surface area (Å²) in [7, 11) is 0. The molecule has 1 saturated carbocycles. The number of nitrogens with one attached hydrogen (secondary N) is 1. The minimum absolute atomic E-state index is 0.0322. The Balaban J connectivity index is 1.51. The lowest BCUT2D eigenvalue weighted by Crippen LogP contribution is -2.39. The van der Waals surface area contributed by atoms with Crippen molar-refractivity contribution in [1.82, 2.24) is 24.9 Å². The second-order valence-corrected chi connectivity index (χ2v) is 8.65. The van der Waals surface area contributed by atoms with Gasteiger partial charge in [-0.05, 0) is 38.5 Å². The summed E-state index contributed by atoms with van der Waals surface area (Å²) >= 11 is 1.49. The Kier molecular flexibility index (Phi) is 5.58. The Morgan fingerprint density at radius 1 is 1.17 bits per heavy atom. The van der Waals surface area contributed by atoms with Gasteiger partial charge in [0.25, 0.3) is 5.78 Å². The molecule has 6 nitrogen and oxygen atoms in total. The van der Waals surface area contributed by atoms with Gasteiger partial charge >= 0.3 is 0 Å². The van der Waals surface area contributed by atoms with E-state index in [0.717, 1.165) is 29.8 Å². The van der Waals surface area contributed by atoms with Crippen molar-refractivity contribution in [1.29, 1.82) is 0 Å². The molecule has 4 rings (SSSR count). The van der Waals surface area contributed by atoms with Gasteiger partial charge < -0.3 is 5.32 Å². The van der Waals surface area contributed by atoms with Gasteiger partial charge in [-0.1, -0.05) is 54.9 Å². The molecule has 0 atom stereocenters. The van der Waals surface area contributed by atoms with E-state index >= 15 is 0 Å². The first-order chi connectivity index (χ1) is 14.0. The Morgan fingerprint density at radius 3 is 2.59 bits per heavy atom. The molecule has 0 unspecified atom stereocenters. The van der Waals surface area contributed by atoms with Gasteiger partial charge in [-0.25, -0.2) is 9.50 Å². The molecule has 7 heteroatoms. The van der Waals surface area contributed by atoms with Crippen LogP contribution in [0.2, 0.25) is 0 Å². The third-order valence-electron chi connectivity index (χ3n) is 6.12. The van der Waals surface area contributed by atoms with Crippen molar-refractivity contribution < 1.29 is 4.79 Å². The van der Waals surface area contributed by atoms with E-state index in [-0.39, 0.29) is 11.3 Å². The Labute approximate surface area is 175 Å². The first kappa shape index (κ1) is 19.9. The second-order valence-electron chi connectivity index (χ2n) is 7.88. The van der Waals surface area contributed by atoms with Gasteiger partial charge in [0, 0.05) is 28.9 Å². The van der Waals surface area contributed by atoms with Gasteiger partial charge in [0.2, 0.25) is 11.1 Å². The van der Waals surface area contributed by atoms with Gasteiger partial charge in [-0.15, -0.1) is 5.10 Å². The molecule has 3 aromatic rings. The molecule has 1 N–H and O–H groups in total. The molecular formula is C22H27N5OS. The number of aryl methyl sites for hydroxylation is 2. The van der Waals surface area contributed by atoms with Crippen molar-refractivity contribution >= 4 is 23.4 Å². The summed E-state index contributed by atoms with van der Waals surface area (Å²) in [6.45, 7) is 4.60. The van der Waals surface area contributed by atoms with Crippen LogP contribution in [0, 0.1) is 13.8 Å². The normalized spacial score (nSPS) is 15.7. The summed E-state index contributed by atoms with van der Waals surface area (Å²) in [6.07, 6.45) is 6.93. The largest absolute Gasteiger partial charge is 0.355 e. The molecule has 1 aliphatic carbocycles. The van der Waals surface area contributed by atoms with Crippen LogP contribution in [0.25, 0.3) is 5.78 Å². The zero-order chi connectivity index (χ0) is 20.4. The van der Waals surface area contributed by atoms with Gasteiger partial charge in [-0.2, -0.15) is 4.98 Å². The van der Waals surface area contributed by atoms with E-state index in [4.69, 9.17) is 0 Å². The smallest absolute Gasteiger partial charge is 0.253 e. The van der Waals surface area contributed by atoms with Crippen molar-refractivity contribution in [2.45, 2.75) is 56.5 Å². The molecule has 0 aliphatic heterocycles. The minimum atomic E-state index is 0.0322. The van der Waals surface area contributed by atoms with Crippen LogP contribution in [0.1, 0.15) is 48.2 Å². The van der Waals surface area contributed by atoms with E-state index in [2.05, 4.69) is 44.6 Å². The van der Waals surface area contributed by atoms with Crippen LogP contribution in [0.3, 0.4) is 0 Å². The highest BCUT2D eigenvalue weighted by molar-refractivity contribution is 7.98. The molecule has 152 valence electrons. The maximum atomic E-state index is 12.9. The standard InChI is InChI=1S/C22H27N5OS/c1-15-18(16(2)27-20(24-15)25-21(26-27)29-3)13-19(28)23-14-22(11-7-8-12-22)17-9-5-4-6-10-17/h4-6,9-10H,7-8,11-14H2,1-3H3,(H,23,28). The fraction of sp³-hybridized carbons (Fsp3) is 0.455. The van der Waals surface area contributed by atoms with E-state index in [1.54, 1.807) is 4.52 Å². The molecule has 2 aromatic heterocycles. The first-order valence-electron chi connectivity index (χ1n) is 10.1. The maximum Gasteiger partial charge on any atom is 0.253 e. The fourth-order valence-electron chi connectivity index (χ4n) is 4.43. The average Bonchev–Trinajstić information content (AvgIpc) is 3.38. The Hall–Kier alpha value is -2.41. The highest BCUT2D eigenvalue weighted by atomic mass is 32.2. The van der Waals surface area contributed by atoms with E-state index in [9.17, 15) is 4.79 Å². The fourth-order valence-corrected chi connectivity index (χ4v) is 4.77. The van der Waals surface area contributed by atoms with E-state index in [1.807, 2.05) is 26.2 Å². The van der Waals surface area contributed by atoms with Crippen molar-refractivity contribution in [3.63, 3.8) is 0 Å². The Morgan fingerprint density at radius 2 is 1.90 bits per heavy atom. The molecule has 1 fully saturated rings. The van der Waals surface area contributed by atoms with Crippen LogP contribution in [0.4, 0.5) is 0 Å². The molecule has 2 heterocycles. The lowest BCUT2D eigenvalue weighted by molar-refractivity contribution is -0.120. The predicted molar refractivity (Wildman–Crippen MR) is 115 cm³/mol. The molecule has 29 heavy (non-hydrogen) atoms. The number of amides is 1. The topological polar surface area (TPSA) is 72.2 Å². The number of carbonyl (C=O) groups excluding carboxylic acids is 1. The molecule has 1 aromatic carbocycles. The molecule has 0 saturated heterocycles. The first-order valence-corrected chi connectivity index (χ1v) is 11.3.